The number of hydrogen-bond acceptors (Lipinski definition) is 2. The van der Waals surface area contributed by atoms with Crippen LogP contribution in [0.3, 0.4) is 0 Å². The van der Waals surface area contributed by atoms with Crippen molar-refractivity contribution in [2.24, 2.45) is 0 Å². The monoisotopic (exact) mass is 278 g/mol. The topological polar surface area (TPSA) is 35.6 Å². The lowest BCUT2D eigenvalue weighted by Gasteiger charge is -2.18. The van der Waals surface area contributed by atoms with Gasteiger partial charge in [-0.05, 0) is 43.0 Å². The van der Waals surface area contributed by atoms with Crippen LogP contribution in [0.2, 0.25) is 0 Å². The summed E-state index contributed by atoms with van der Waals surface area (Å²) < 4.78 is 4.28. The van der Waals surface area contributed by atoms with E-state index >= 15 is 0 Å². The predicted molar refractivity (Wildman–Crippen MR) is 81.2 cm³/mol. The first-order chi connectivity index (χ1) is 10.3. The summed E-state index contributed by atoms with van der Waals surface area (Å²) in [7, 11) is 0. The average Bonchev–Trinajstić information content (AvgIpc) is 3.24. The third-order valence-electron chi connectivity index (χ3n) is 4.42. The largest absolute Gasteiger partial charge is 0.344 e. The van der Waals surface area contributed by atoms with E-state index in [0.29, 0.717) is 6.04 Å². The van der Waals surface area contributed by atoms with E-state index in [1.807, 2.05) is 12.1 Å². The highest BCUT2D eigenvalue weighted by molar-refractivity contribution is 5.32. The molecular formula is C17H18N4. The second-order valence-electron chi connectivity index (χ2n) is 5.70. The maximum atomic E-state index is 4.51. The van der Waals surface area contributed by atoms with Crippen LogP contribution < -0.4 is 0 Å². The SMILES string of the molecule is CC(c1ncnn1C1Cc2ccccc2C1)n1cccc1. The van der Waals surface area contributed by atoms with Crippen LogP contribution in [0.5, 0.6) is 0 Å². The molecule has 4 nitrogen and oxygen atoms in total. The minimum Gasteiger partial charge on any atom is -0.344 e. The minimum absolute atomic E-state index is 0.200. The number of hydrogen-bond donors (Lipinski definition) is 0. The Morgan fingerprint density at radius 1 is 1.05 bits per heavy atom. The lowest BCUT2D eigenvalue weighted by molar-refractivity contribution is 0.428. The Bertz CT molecular complexity index is 717. The molecule has 106 valence electrons. The van der Waals surface area contributed by atoms with Gasteiger partial charge >= 0.3 is 0 Å². The zero-order valence-corrected chi connectivity index (χ0v) is 12.1. The molecule has 4 heteroatoms. The number of benzene rings is 1. The van der Waals surface area contributed by atoms with E-state index in [2.05, 4.69) is 62.9 Å². The van der Waals surface area contributed by atoms with E-state index in [9.17, 15) is 0 Å². The van der Waals surface area contributed by atoms with Gasteiger partial charge in [0.15, 0.2) is 0 Å². The van der Waals surface area contributed by atoms with Crippen LogP contribution in [-0.2, 0) is 12.8 Å². The Morgan fingerprint density at radius 2 is 1.71 bits per heavy atom. The van der Waals surface area contributed by atoms with Crippen LogP contribution in [0.15, 0.2) is 55.1 Å². The molecule has 0 saturated heterocycles. The van der Waals surface area contributed by atoms with Crippen LogP contribution >= 0.6 is 0 Å². The average molecular weight is 278 g/mol. The minimum atomic E-state index is 0.200. The quantitative estimate of drug-likeness (QED) is 0.738. The summed E-state index contributed by atoms with van der Waals surface area (Å²) in [5.74, 6) is 1.03. The van der Waals surface area contributed by atoms with Crippen LogP contribution in [0.25, 0.3) is 0 Å². The fraction of sp³-hybridized carbons (Fsp3) is 0.294. The third-order valence-corrected chi connectivity index (χ3v) is 4.42. The van der Waals surface area contributed by atoms with Gasteiger partial charge in [-0.3, -0.25) is 0 Å². The molecule has 1 atom stereocenters. The molecule has 0 fully saturated rings. The molecule has 2 aromatic heterocycles. The van der Waals surface area contributed by atoms with E-state index in [1.165, 1.54) is 11.1 Å². The summed E-state index contributed by atoms with van der Waals surface area (Å²) in [4.78, 5) is 4.51. The van der Waals surface area contributed by atoms with Gasteiger partial charge in [-0.2, -0.15) is 5.10 Å². The van der Waals surface area contributed by atoms with E-state index in [1.54, 1.807) is 6.33 Å². The predicted octanol–water partition coefficient (Wildman–Crippen LogP) is 3.03. The van der Waals surface area contributed by atoms with Gasteiger partial charge in [0.2, 0.25) is 0 Å². The van der Waals surface area contributed by atoms with Crippen molar-refractivity contribution >= 4 is 0 Å². The van der Waals surface area contributed by atoms with Crippen molar-refractivity contribution < 1.29 is 0 Å². The summed E-state index contributed by atoms with van der Waals surface area (Å²) in [5, 5.41) is 4.50. The molecular weight excluding hydrogens is 260 g/mol. The van der Waals surface area contributed by atoms with Crippen LogP contribution in [0, 0.1) is 0 Å². The molecule has 4 rings (SSSR count). The number of rotatable bonds is 3. The Hall–Kier alpha value is -2.36. The van der Waals surface area contributed by atoms with E-state index < -0.39 is 0 Å². The summed E-state index contributed by atoms with van der Waals surface area (Å²) >= 11 is 0. The van der Waals surface area contributed by atoms with Crippen molar-refractivity contribution in [1.82, 2.24) is 19.3 Å². The van der Waals surface area contributed by atoms with Crippen molar-refractivity contribution in [1.29, 1.82) is 0 Å². The zero-order chi connectivity index (χ0) is 14.2. The molecule has 0 saturated carbocycles. The van der Waals surface area contributed by atoms with Gasteiger partial charge in [0.1, 0.15) is 12.2 Å². The normalized spacial score (nSPS) is 16.0. The van der Waals surface area contributed by atoms with Gasteiger partial charge in [-0.15, -0.1) is 0 Å². The maximum absolute atomic E-state index is 4.51. The second-order valence-corrected chi connectivity index (χ2v) is 5.70. The first kappa shape index (κ1) is 12.4. The Kier molecular flexibility index (Phi) is 2.88. The molecule has 0 amide bonds. The van der Waals surface area contributed by atoms with Gasteiger partial charge in [-0.1, -0.05) is 24.3 Å². The van der Waals surface area contributed by atoms with E-state index in [-0.39, 0.29) is 6.04 Å². The van der Waals surface area contributed by atoms with Crippen molar-refractivity contribution in [2.45, 2.75) is 31.8 Å². The third kappa shape index (κ3) is 2.07. The lowest BCUT2D eigenvalue weighted by Crippen LogP contribution is -2.18. The standard InChI is InChI=1S/C17H18N4/c1-13(20-8-4-5-9-20)17-18-12-19-21(17)16-10-14-6-2-3-7-15(14)11-16/h2-9,12-13,16H,10-11H2,1H3. The molecule has 1 unspecified atom stereocenters. The molecule has 1 aliphatic carbocycles. The molecule has 0 bridgehead atoms. The number of fused-ring (bicyclic) bond motifs is 1. The molecule has 0 aliphatic heterocycles. The van der Waals surface area contributed by atoms with Crippen LogP contribution in [-0.4, -0.2) is 19.3 Å². The Labute approximate surface area is 124 Å². The van der Waals surface area contributed by atoms with Crippen molar-refractivity contribution in [3.05, 3.63) is 72.1 Å². The molecule has 1 aromatic carbocycles. The van der Waals surface area contributed by atoms with E-state index in [0.717, 1.165) is 18.7 Å². The fourth-order valence-electron chi connectivity index (χ4n) is 3.29. The number of nitrogens with zero attached hydrogens (tertiary/aromatic N) is 4. The molecule has 0 radical (unpaired) electrons. The first-order valence-electron chi connectivity index (χ1n) is 7.41. The molecule has 3 aromatic rings. The smallest absolute Gasteiger partial charge is 0.149 e. The highest BCUT2D eigenvalue weighted by Gasteiger charge is 2.26. The van der Waals surface area contributed by atoms with Crippen LogP contribution in [0.1, 0.15) is 36.0 Å². The van der Waals surface area contributed by atoms with E-state index in [4.69, 9.17) is 0 Å². The Morgan fingerprint density at radius 3 is 2.38 bits per heavy atom. The van der Waals surface area contributed by atoms with Crippen molar-refractivity contribution in [2.75, 3.05) is 0 Å². The summed E-state index contributed by atoms with van der Waals surface area (Å²) in [6.45, 7) is 2.17. The van der Waals surface area contributed by atoms with Crippen LogP contribution in [0.4, 0.5) is 0 Å². The molecule has 21 heavy (non-hydrogen) atoms. The van der Waals surface area contributed by atoms with Gasteiger partial charge in [0.05, 0.1) is 12.1 Å². The van der Waals surface area contributed by atoms with Gasteiger partial charge in [0, 0.05) is 12.4 Å². The lowest BCUT2D eigenvalue weighted by atomic mass is 10.1. The molecule has 1 aliphatic rings. The second kappa shape index (κ2) is 4.88. The van der Waals surface area contributed by atoms with Gasteiger partial charge in [0.25, 0.3) is 0 Å². The molecule has 0 N–H and O–H groups in total. The van der Waals surface area contributed by atoms with Gasteiger partial charge in [-0.25, -0.2) is 9.67 Å². The highest BCUT2D eigenvalue weighted by Crippen LogP contribution is 2.31. The van der Waals surface area contributed by atoms with Crippen molar-refractivity contribution in [3.63, 3.8) is 0 Å². The Balaban J connectivity index is 1.65. The summed E-state index contributed by atoms with van der Waals surface area (Å²) in [6.07, 6.45) is 7.92. The molecule has 0 spiro atoms. The van der Waals surface area contributed by atoms with Crippen molar-refractivity contribution in [3.8, 4) is 0 Å². The fourth-order valence-corrected chi connectivity index (χ4v) is 3.29. The molecule has 2 heterocycles. The number of aromatic nitrogens is 4. The summed E-state index contributed by atoms with van der Waals surface area (Å²) in [6, 6.07) is 13.4. The first-order valence-corrected chi connectivity index (χ1v) is 7.41. The zero-order valence-electron chi connectivity index (χ0n) is 12.1. The summed E-state index contributed by atoms with van der Waals surface area (Å²) in [5.41, 5.74) is 2.88. The van der Waals surface area contributed by atoms with Gasteiger partial charge < -0.3 is 4.57 Å². The highest BCUT2D eigenvalue weighted by atomic mass is 15.4. The maximum Gasteiger partial charge on any atom is 0.149 e.